The quantitative estimate of drug-likeness (QED) is 0.608. The summed E-state index contributed by atoms with van der Waals surface area (Å²) in [6.07, 6.45) is 0.819. The number of methoxy groups -OCH3 is 2. The topological polar surface area (TPSA) is 55.4 Å². The summed E-state index contributed by atoms with van der Waals surface area (Å²) in [6, 6.07) is 24.2. The van der Waals surface area contributed by atoms with Gasteiger partial charge in [0, 0.05) is 12.0 Å². The van der Waals surface area contributed by atoms with E-state index < -0.39 is 0 Å². The van der Waals surface area contributed by atoms with Crippen LogP contribution in [0.15, 0.2) is 72.8 Å². The molecule has 1 aliphatic heterocycles. The lowest BCUT2D eigenvalue weighted by Crippen LogP contribution is -2.88. The molecule has 5 heteroatoms. The number of rotatable bonds is 8. The number of nitrogens with two attached hydrogens (primary N) is 1. The monoisotopic (exact) mass is 417 g/mol. The Hall–Kier alpha value is -3.31. The average molecular weight is 418 g/mol. The maximum absolute atomic E-state index is 13.3. The van der Waals surface area contributed by atoms with Crippen molar-refractivity contribution in [2.24, 2.45) is 0 Å². The fourth-order valence-corrected chi connectivity index (χ4v) is 4.36. The number of carbonyl (C=O) groups is 1. The number of nitrogens with zero attached hydrogens (tertiary/aromatic N) is 1. The average Bonchev–Trinajstić information content (AvgIpc) is 3.10. The van der Waals surface area contributed by atoms with Crippen LogP contribution in [0.5, 0.6) is 11.5 Å². The first-order valence-corrected chi connectivity index (χ1v) is 10.6. The summed E-state index contributed by atoms with van der Waals surface area (Å²) in [7, 11) is 3.29. The van der Waals surface area contributed by atoms with E-state index in [1.807, 2.05) is 53.4 Å². The molecule has 0 saturated carbocycles. The van der Waals surface area contributed by atoms with Gasteiger partial charge in [-0.15, -0.1) is 0 Å². The van der Waals surface area contributed by atoms with Crippen LogP contribution in [0.2, 0.25) is 0 Å². The Labute approximate surface area is 183 Å². The summed E-state index contributed by atoms with van der Waals surface area (Å²) >= 11 is 0. The minimum atomic E-state index is -0.0425. The van der Waals surface area contributed by atoms with Gasteiger partial charge >= 0.3 is 0 Å². The molecule has 0 fully saturated rings. The predicted octanol–water partition coefficient (Wildman–Crippen LogP) is 3.73. The van der Waals surface area contributed by atoms with Crippen molar-refractivity contribution >= 4 is 5.91 Å². The first kappa shape index (κ1) is 20.9. The van der Waals surface area contributed by atoms with Gasteiger partial charge in [-0.2, -0.15) is 0 Å². The van der Waals surface area contributed by atoms with Gasteiger partial charge in [-0.05, 0) is 36.2 Å². The number of hydrogen-bond acceptors (Lipinski definition) is 3. The predicted molar refractivity (Wildman–Crippen MR) is 120 cm³/mol. The van der Waals surface area contributed by atoms with E-state index in [2.05, 4.69) is 36.5 Å². The maximum Gasteiger partial charge on any atom is 0.259 e. The molecule has 4 rings (SSSR count). The van der Waals surface area contributed by atoms with Gasteiger partial charge in [0.1, 0.15) is 0 Å². The molecule has 160 valence electrons. The molecule has 0 aliphatic carbocycles. The Kier molecular flexibility index (Phi) is 6.23. The van der Waals surface area contributed by atoms with Crippen LogP contribution in [0, 0.1) is 0 Å². The third kappa shape index (κ3) is 4.14. The van der Waals surface area contributed by atoms with Crippen molar-refractivity contribution in [2.75, 3.05) is 20.8 Å². The maximum atomic E-state index is 13.3. The first-order valence-electron chi connectivity index (χ1n) is 10.6. The SMILES string of the molecule is COc1ccc(CC[NH2+][C@@H]2c3ccccc3C(=O)N2[C@H](C)c2ccccc2)cc1OC. The van der Waals surface area contributed by atoms with E-state index in [4.69, 9.17) is 9.47 Å². The number of hydrogen-bond donors (Lipinski definition) is 1. The van der Waals surface area contributed by atoms with Gasteiger partial charge in [0.05, 0.1) is 32.4 Å². The summed E-state index contributed by atoms with van der Waals surface area (Å²) in [6.45, 7) is 2.95. The van der Waals surface area contributed by atoms with Crippen LogP contribution in [-0.2, 0) is 6.42 Å². The van der Waals surface area contributed by atoms with E-state index in [-0.39, 0.29) is 18.1 Å². The fraction of sp³-hybridized carbons (Fsp3) is 0.269. The zero-order chi connectivity index (χ0) is 21.8. The summed E-state index contributed by atoms with van der Waals surface area (Å²) in [5.74, 6) is 1.56. The van der Waals surface area contributed by atoms with Crippen molar-refractivity contribution in [2.45, 2.75) is 25.6 Å². The minimum absolute atomic E-state index is 0.0107. The first-order chi connectivity index (χ1) is 15.1. The molecule has 0 bridgehead atoms. The van der Waals surface area contributed by atoms with Crippen LogP contribution in [0.1, 0.15) is 46.2 Å². The van der Waals surface area contributed by atoms with E-state index in [0.29, 0.717) is 0 Å². The third-order valence-corrected chi connectivity index (χ3v) is 6.01. The number of quaternary nitrogens is 1. The highest BCUT2D eigenvalue weighted by molar-refractivity contribution is 5.99. The van der Waals surface area contributed by atoms with Crippen LogP contribution in [0.4, 0.5) is 0 Å². The number of carbonyl (C=O) groups excluding carboxylic acids is 1. The largest absolute Gasteiger partial charge is 0.493 e. The van der Waals surface area contributed by atoms with Gasteiger partial charge in [0.2, 0.25) is 0 Å². The molecule has 0 radical (unpaired) electrons. The highest BCUT2D eigenvalue weighted by atomic mass is 16.5. The lowest BCUT2D eigenvalue weighted by atomic mass is 10.1. The number of benzene rings is 3. The molecule has 0 spiro atoms. The number of ether oxygens (including phenoxy) is 2. The van der Waals surface area contributed by atoms with E-state index in [0.717, 1.165) is 41.2 Å². The van der Waals surface area contributed by atoms with Crippen molar-refractivity contribution < 1.29 is 19.6 Å². The second-order valence-corrected chi connectivity index (χ2v) is 7.79. The molecule has 0 aromatic heterocycles. The molecular formula is C26H29N2O3+. The smallest absolute Gasteiger partial charge is 0.259 e. The third-order valence-electron chi connectivity index (χ3n) is 6.01. The molecule has 31 heavy (non-hydrogen) atoms. The molecule has 2 N–H and O–H groups in total. The van der Waals surface area contributed by atoms with Gasteiger partial charge in [-0.3, -0.25) is 9.69 Å². The van der Waals surface area contributed by atoms with E-state index in [1.165, 1.54) is 5.56 Å². The van der Waals surface area contributed by atoms with E-state index in [1.54, 1.807) is 14.2 Å². The standard InChI is InChI=1S/C26H28N2O3/c1-18(20-9-5-4-6-10-20)28-25(21-11-7-8-12-22(21)26(28)29)27-16-15-19-13-14-23(30-2)24(17-19)31-3/h4-14,17-18,25,27H,15-16H2,1-3H3/p+1/t18-,25+/m1/s1. The zero-order valence-electron chi connectivity index (χ0n) is 18.2. The van der Waals surface area contributed by atoms with Gasteiger partial charge < -0.3 is 14.8 Å². The molecule has 1 heterocycles. The Bertz CT molecular complexity index is 1050. The molecule has 3 aromatic rings. The molecule has 0 unspecified atom stereocenters. The van der Waals surface area contributed by atoms with E-state index in [9.17, 15) is 4.79 Å². The zero-order valence-corrected chi connectivity index (χ0v) is 18.2. The minimum Gasteiger partial charge on any atom is -0.493 e. The highest BCUT2D eigenvalue weighted by Gasteiger charge is 2.41. The second kappa shape index (κ2) is 9.23. The van der Waals surface area contributed by atoms with Crippen molar-refractivity contribution in [3.05, 3.63) is 95.1 Å². The summed E-state index contributed by atoms with van der Waals surface area (Å²) in [5, 5.41) is 2.26. The summed E-state index contributed by atoms with van der Waals surface area (Å²) in [5.41, 5.74) is 4.20. The molecular weight excluding hydrogens is 388 g/mol. The molecule has 1 aliphatic rings. The van der Waals surface area contributed by atoms with Gasteiger partial charge in [0.25, 0.3) is 5.91 Å². The van der Waals surface area contributed by atoms with Crippen LogP contribution >= 0.6 is 0 Å². The molecule has 0 saturated heterocycles. The fourth-order valence-electron chi connectivity index (χ4n) is 4.36. The lowest BCUT2D eigenvalue weighted by Gasteiger charge is -2.29. The van der Waals surface area contributed by atoms with Crippen molar-refractivity contribution in [3.8, 4) is 11.5 Å². The summed E-state index contributed by atoms with van der Waals surface area (Å²) in [4.78, 5) is 15.3. The van der Waals surface area contributed by atoms with Crippen LogP contribution in [-0.4, -0.2) is 31.6 Å². The number of fused-ring (bicyclic) bond motifs is 1. The van der Waals surface area contributed by atoms with Gasteiger partial charge in [-0.25, -0.2) is 0 Å². The Morgan fingerprint density at radius 3 is 2.39 bits per heavy atom. The number of amides is 1. The van der Waals surface area contributed by atoms with Crippen LogP contribution in [0.3, 0.4) is 0 Å². The van der Waals surface area contributed by atoms with Crippen LogP contribution < -0.4 is 14.8 Å². The van der Waals surface area contributed by atoms with Gasteiger partial charge in [-0.1, -0.05) is 54.6 Å². The Balaban J connectivity index is 1.54. The van der Waals surface area contributed by atoms with Crippen molar-refractivity contribution in [3.63, 3.8) is 0 Å². The van der Waals surface area contributed by atoms with E-state index >= 15 is 0 Å². The normalized spacial score (nSPS) is 16.2. The molecule has 5 nitrogen and oxygen atoms in total. The molecule has 1 amide bonds. The Morgan fingerprint density at radius 1 is 0.935 bits per heavy atom. The van der Waals surface area contributed by atoms with Crippen molar-refractivity contribution in [1.82, 2.24) is 4.90 Å². The summed E-state index contributed by atoms with van der Waals surface area (Å²) < 4.78 is 10.8. The van der Waals surface area contributed by atoms with Crippen molar-refractivity contribution in [1.29, 1.82) is 0 Å². The highest BCUT2D eigenvalue weighted by Crippen LogP contribution is 2.36. The lowest BCUT2D eigenvalue weighted by molar-refractivity contribution is -0.712. The molecule has 3 aromatic carbocycles. The molecule has 2 atom stereocenters. The Morgan fingerprint density at radius 2 is 1.65 bits per heavy atom. The van der Waals surface area contributed by atoms with Gasteiger partial charge in [0.15, 0.2) is 17.7 Å². The van der Waals surface area contributed by atoms with Crippen LogP contribution in [0.25, 0.3) is 0 Å². The second-order valence-electron chi connectivity index (χ2n) is 7.79.